The number of carbonyl (C=O) groups is 2. The summed E-state index contributed by atoms with van der Waals surface area (Å²) in [4.78, 5) is 32.0. The lowest BCUT2D eigenvalue weighted by molar-refractivity contribution is -0.133. The lowest BCUT2D eigenvalue weighted by atomic mass is 9.98. The third-order valence-electron chi connectivity index (χ3n) is 5.83. The molecule has 2 amide bonds. The largest absolute Gasteiger partial charge is 0.352 e. The highest BCUT2D eigenvalue weighted by Crippen LogP contribution is 2.34. The van der Waals surface area contributed by atoms with Crippen LogP contribution in [0.4, 0.5) is 0 Å². The minimum atomic E-state index is -0.933. The minimum Gasteiger partial charge on any atom is -0.352 e. The van der Waals surface area contributed by atoms with Crippen molar-refractivity contribution in [3.63, 3.8) is 0 Å². The van der Waals surface area contributed by atoms with Gasteiger partial charge in [0.15, 0.2) is 0 Å². The predicted octanol–water partition coefficient (Wildman–Crippen LogP) is 5.02. The van der Waals surface area contributed by atoms with Crippen molar-refractivity contribution in [1.82, 2.24) is 19.8 Å². The summed E-state index contributed by atoms with van der Waals surface area (Å²) in [7, 11) is 0. The number of hydrogen-bond donors (Lipinski definition) is 1. The molecule has 1 aromatic carbocycles. The SMILES string of the molecule is CC(C)Cn1cc(-c2ccc(Cl)c(Cl)c2)c2ccc(C(=O)N3CCNC(=O)C3(C)C)nc21. The summed E-state index contributed by atoms with van der Waals surface area (Å²) in [5.41, 5.74) is 2.02. The normalized spacial score (nSPS) is 16.0. The average molecular weight is 473 g/mol. The number of rotatable bonds is 4. The highest BCUT2D eigenvalue weighted by atomic mass is 35.5. The van der Waals surface area contributed by atoms with E-state index in [1.165, 1.54) is 0 Å². The van der Waals surface area contributed by atoms with Gasteiger partial charge < -0.3 is 14.8 Å². The van der Waals surface area contributed by atoms with Crippen LogP contribution in [0.5, 0.6) is 0 Å². The molecule has 4 rings (SSSR count). The molecule has 2 aromatic heterocycles. The molecular formula is C24H26Cl2N4O2. The number of piperazine rings is 1. The number of carbonyl (C=O) groups excluding carboxylic acids is 2. The minimum absolute atomic E-state index is 0.164. The Morgan fingerprint density at radius 3 is 2.62 bits per heavy atom. The van der Waals surface area contributed by atoms with Crippen LogP contribution in [0.3, 0.4) is 0 Å². The lowest BCUT2D eigenvalue weighted by Gasteiger charge is -2.40. The van der Waals surface area contributed by atoms with Crippen molar-refractivity contribution in [2.24, 2.45) is 5.92 Å². The van der Waals surface area contributed by atoms with Crippen molar-refractivity contribution in [2.75, 3.05) is 13.1 Å². The maximum absolute atomic E-state index is 13.3. The number of nitrogens with one attached hydrogen (secondary N) is 1. The van der Waals surface area contributed by atoms with Gasteiger partial charge in [-0.2, -0.15) is 0 Å². The van der Waals surface area contributed by atoms with Crippen LogP contribution >= 0.6 is 23.2 Å². The summed E-state index contributed by atoms with van der Waals surface area (Å²) < 4.78 is 2.07. The molecule has 0 aliphatic carbocycles. The molecule has 3 heterocycles. The maximum Gasteiger partial charge on any atom is 0.273 e. The smallest absolute Gasteiger partial charge is 0.273 e. The first-order valence-electron chi connectivity index (χ1n) is 10.6. The molecule has 168 valence electrons. The highest BCUT2D eigenvalue weighted by Gasteiger charge is 2.41. The molecule has 1 aliphatic heterocycles. The van der Waals surface area contributed by atoms with E-state index in [9.17, 15) is 9.59 Å². The van der Waals surface area contributed by atoms with E-state index < -0.39 is 5.54 Å². The highest BCUT2D eigenvalue weighted by molar-refractivity contribution is 6.42. The quantitative estimate of drug-likeness (QED) is 0.579. The van der Waals surface area contributed by atoms with Crippen LogP contribution < -0.4 is 5.32 Å². The number of fused-ring (bicyclic) bond motifs is 1. The number of pyridine rings is 1. The van der Waals surface area contributed by atoms with E-state index in [4.69, 9.17) is 28.2 Å². The first-order chi connectivity index (χ1) is 15.1. The molecule has 6 nitrogen and oxygen atoms in total. The standard InChI is InChI=1S/C24H26Cl2N4O2/c1-14(2)12-29-13-17(15-5-7-18(25)19(26)11-15)16-6-8-20(28-21(16)29)22(31)30-10-9-27-23(32)24(30,3)4/h5-8,11,13-14H,9-10,12H2,1-4H3,(H,27,32). The van der Waals surface area contributed by atoms with Gasteiger partial charge in [-0.15, -0.1) is 0 Å². The van der Waals surface area contributed by atoms with Gasteiger partial charge in [0.05, 0.1) is 10.0 Å². The maximum atomic E-state index is 13.3. The van der Waals surface area contributed by atoms with E-state index in [2.05, 4.69) is 23.7 Å². The van der Waals surface area contributed by atoms with Crippen LogP contribution in [-0.4, -0.2) is 44.9 Å². The molecule has 3 aromatic rings. The van der Waals surface area contributed by atoms with Gasteiger partial charge in [0, 0.05) is 36.8 Å². The fourth-order valence-corrected chi connectivity index (χ4v) is 4.40. The van der Waals surface area contributed by atoms with Gasteiger partial charge in [-0.3, -0.25) is 9.59 Å². The summed E-state index contributed by atoms with van der Waals surface area (Å²) in [5.74, 6) is -0.0264. The van der Waals surface area contributed by atoms with E-state index in [1.807, 2.05) is 24.4 Å². The van der Waals surface area contributed by atoms with Gasteiger partial charge in [-0.1, -0.05) is 43.1 Å². The number of nitrogens with zero attached hydrogens (tertiary/aromatic N) is 3. The average Bonchev–Trinajstić information content (AvgIpc) is 3.08. The Kier molecular flexibility index (Phi) is 5.94. The molecular weight excluding hydrogens is 447 g/mol. The predicted molar refractivity (Wildman–Crippen MR) is 128 cm³/mol. The van der Waals surface area contributed by atoms with Crippen LogP contribution in [0.2, 0.25) is 10.0 Å². The molecule has 32 heavy (non-hydrogen) atoms. The second kappa shape index (κ2) is 8.41. The van der Waals surface area contributed by atoms with Gasteiger partial charge in [-0.25, -0.2) is 4.98 Å². The molecule has 1 saturated heterocycles. The zero-order valence-electron chi connectivity index (χ0n) is 18.6. The third kappa shape index (κ3) is 3.97. The molecule has 0 bridgehead atoms. The fourth-order valence-electron chi connectivity index (χ4n) is 4.10. The van der Waals surface area contributed by atoms with Crippen molar-refractivity contribution in [3.05, 3.63) is 52.3 Å². The number of aromatic nitrogens is 2. The van der Waals surface area contributed by atoms with E-state index in [-0.39, 0.29) is 11.8 Å². The Morgan fingerprint density at radius 2 is 1.94 bits per heavy atom. The monoisotopic (exact) mass is 472 g/mol. The van der Waals surface area contributed by atoms with E-state index >= 15 is 0 Å². The van der Waals surface area contributed by atoms with Crippen LogP contribution in [0.1, 0.15) is 38.2 Å². The van der Waals surface area contributed by atoms with Crippen molar-refractivity contribution in [2.45, 2.75) is 39.8 Å². The number of halogens is 2. The Bertz CT molecular complexity index is 1220. The van der Waals surface area contributed by atoms with Crippen LogP contribution in [0.15, 0.2) is 36.5 Å². The zero-order chi connectivity index (χ0) is 23.2. The van der Waals surface area contributed by atoms with Gasteiger partial charge in [0.2, 0.25) is 5.91 Å². The molecule has 0 radical (unpaired) electrons. The van der Waals surface area contributed by atoms with Crippen molar-refractivity contribution >= 4 is 46.0 Å². The Hall–Kier alpha value is -2.57. The van der Waals surface area contributed by atoms with Gasteiger partial charge in [0.25, 0.3) is 5.91 Å². The van der Waals surface area contributed by atoms with Crippen molar-refractivity contribution in [1.29, 1.82) is 0 Å². The summed E-state index contributed by atoms with van der Waals surface area (Å²) >= 11 is 12.4. The van der Waals surface area contributed by atoms with Gasteiger partial charge >= 0.3 is 0 Å². The Labute approximate surface area is 197 Å². The second-order valence-corrected chi connectivity index (χ2v) is 9.87. The lowest BCUT2D eigenvalue weighted by Crippen LogP contribution is -2.63. The van der Waals surface area contributed by atoms with E-state index in [0.29, 0.717) is 34.7 Å². The topological polar surface area (TPSA) is 67.2 Å². The van der Waals surface area contributed by atoms with Crippen LogP contribution in [0.25, 0.3) is 22.2 Å². The van der Waals surface area contributed by atoms with Crippen molar-refractivity contribution in [3.8, 4) is 11.1 Å². The van der Waals surface area contributed by atoms with Gasteiger partial charge in [0.1, 0.15) is 16.9 Å². The van der Waals surface area contributed by atoms with Crippen LogP contribution in [0, 0.1) is 5.92 Å². The molecule has 1 aliphatic rings. The first-order valence-corrected chi connectivity index (χ1v) is 11.4. The summed E-state index contributed by atoms with van der Waals surface area (Å²) in [6.07, 6.45) is 2.05. The number of hydrogen-bond acceptors (Lipinski definition) is 3. The zero-order valence-corrected chi connectivity index (χ0v) is 20.1. The molecule has 1 N–H and O–H groups in total. The van der Waals surface area contributed by atoms with E-state index in [0.717, 1.165) is 28.7 Å². The molecule has 0 unspecified atom stereocenters. The summed E-state index contributed by atoms with van der Waals surface area (Å²) in [6, 6.07) is 9.19. The number of benzene rings is 1. The molecule has 8 heteroatoms. The first kappa shape index (κ1) is 22.6. The molecule has 0 atom stereocenters. The van der Waals surface area contributed by atoms with E-state index in [1.54, 1.807) is 30.9 Å². The third-order valence-corrected chi connectivity index (χ3v) is 6.57. The number of amides is 2. The summed E-state index contributed by atoms with van der Waals surface area (Å²) in [5, 5.41) is 4.73. The Morgan fingerprint density at radius 1 is 1.19 bits per heavy atom. The molecule has 1 fully saturated rings. The van der Waals surface area contributed by atoms with Crippen LogP contribution in [-0.2, 0) is 11.3 Å². The second-order valence-electron chi connectivity index (χ2n) is 9.06. The molecule has 0 saturated carbocycles. The summed E-state index contributed by atoms with van der Waals surface area (Å²) in [6.45, 7) is 9.40. The molecule has 0 spiro atoms. The Balaban J connectivity index is 1.81. The van der Waals surface area contributed by atoms with Gasteiger partial charge in [-0.05, 0) is 49.6 Å². The fraction of sp³-hybridized carbons (Fsp3) is 0.375. The van der Waals surface area contributed by atoms with Crippen molar-refractivity contribution < 1.29 is 9.59 Å².